The van der Waals surface area contributed by atoms with E-state index in [1.165, 1.54) is 0 Å². The van der Waals surface area contributed by atoms with E-state index in [1.54, 1.807) is 0 Å². The van der Waals surface area contributed by atoms with Crippen LogP contribution in [0.1, 0.15) is 19.3 Å². The highest BCUT2D eigenvalue weighted by Crippen LogP contribution is 1.96. The minimum Gasteiger partial charge on any atom is -0.480 e. The molecule has 1 atom stereocenters. The van der Waals surface area contributed by atoms with Crippen LogP contribution < -0.4 is 22.9 Å². The van der Waals surface area contributed by atoms with Crippen LogP contribution in [-0.2, 0) is 4.79 Å². The number of carboxylic acids is 1. The zero-order chi connectivity index (χ0) is 15.1. The van der Waals surface area contributed by atoms with Crippen LogP contribution in [-0.4, -0.2) is 46.1 Å². The molecule has 10 heteroatoms. The van der Waals surface area contributed by atoms with Crippen LogP contribution >= 0.6 is 0 Å². The molecular weight excluding hydrogens is 248 g/mol. The fraction of sp³-hybridized carbons (Fsp3) is 0.625. The van der Waals surface area contributed by atoms with Gasteiger partial charge in [0.2, 0.25) is 0 Å². The number of hydrogen-bond acceptors (Lipinski definition) is 5. The van der Waals surface area contributed by atoms with Crippen molar-refractivity contribution in [1.82, 2.24) is 0 Å². The molecule has 0 unspecified atom stereocenters. The summed E-state index contributed by atoms with van der Waals surface area (Å²) in [5.74, 6) is -0.933. The number of amides is 2. The summed E-state index contributed by atoms with van der Waals surface area (Å²) < 4.78 is 0. The molecule has 0 radical (unpaired) electrons. The highest BCUT2D eigenvalue weighted by Gasteiger charge is 2.09. The van der Waals surface area contributed by atoms with Crippen molar-refractivity contribution >= 4 is 18.2 Å². The summed E-state index contributed by atoms with van der Waals surface area (Å²) in [6, 6.07) is -0.716. The van der Waals surface area contributed by atoms with Gasteiger partial charge in [0.1, 0.15) is 6.04 Å². The Labute approximate surface area is 104 Å². The molecule has 11 N–H and O–H groups in total. The van der Waals surface area contributed by atoms with Crippen LogP contribution in [0, 0.1) is 0 Å². The molecule has 0 aliphatic carbocycles. The first kappa shape index (κ1) is 21.2. The molecule has 0 spiro atoms. The van der Waals surface area contributed by atoms with Crippen molar-refractivity contribution < 1.29 is 29.7 Å². The molecule has 0 aromatic rings. The van der Waals surface area contributed by atoms with Crippen LogP contribution in [0.5, 0.6) is 0 Å². The average molecular weight is 268 g/mol. The minimum atomic E-state index is -1.33. The first-order valence-electron chi connectivity index (χ1n) is 4.80. The molecule has 0 rings (SSSR count). The second-order valence-corrected chi connectivity index (χ2v) is 2.91. The summed E-state index contributed by atoms with van der Waals surface area (Å²) in [5.41, 5.74) is 18.5. The Morgan fingerprint density at radius 1 is 0.944 bits per heavy atom. The molecular formula is C8H20N4O6. The first-order chi connectivity index (χ1) is 8.14. The van der Waals surface area contributed by atoms with Gasteiger partial charge in [-0.2, -0.15) is 0 Å². The van der Waals surface area contributed by atoms with Gasteiger partial charge in [-0.05, 0) is 19.4 Å². The maximum Gasteiger partial charge on any atom is 0.402 e. The van der Waals surface area contributed by atoms with E-state index in [4.69, 9.17) is 36.4 Å². The SMILES string of the molecule is NC(=O)O.NC(=O)O.NCCCC[C@H](N)C(=O)O. The van der Waals surface area contributed by atoms with E-state index in [0.717, 1.165) is 12.8 Å². The lowest BCUT2D eigenvalue weighted by Crippen LogP contribution is -2.29. The van der Waals surface area contributed by atoms with Crippen molar-refractivity contribution in [2.24, 2.45) is 22.9 Å². The van der Waals surface area contributed by atoms with E-state index in [2.05, 4.69) is 11.5 Å². The largest absolute Gasteiger partial charge is 0.480 e. The Morgan fingerprint density at radius 3 is 1.50 bits per heavy atom. The number of carbonyl (C=O) groups is 3. The van der Waals surface area contributed by atoms with Gasteiger partial charge in [0, 0.05) is 0 Å². The Balaban J connectivity index is -0.000000233. The molecule has 0 aliphatic heterocycles. The fourth-order valence-electron chi connectivity index (χ4n) is 0.632. The smallest absolute Gasteiger partial charge is 0.402 e. The third-order valence-electron chi connectivity index (χ3n) is 1.29. The van der Waals surface area contributed by atoms with Crippen LogP contribution in [0.25, 0.3) is 0 Å². The van der Waals surface area contributed by atoms with Gasteiger partial charge < -0.3 is 38.3 Å². The zero-order valence-corrected chi connectivity index (χ0v) is 9.78. The maximum atomic E-state index is 10.1. The molecule has 108 valence electrons. The fourth-order valence-corrected chi connectivity index (χ4v) is 0.632. The van der Waals surface area contributed by atoms with Crippen molar-refractivity contribution in [3.8, 4) is 0 Å². The average Bonchev–Trinajstić information content (AvgIpc) is 2.15. The van der Waals surface area contributed by atoms with Crippen molar-refractivity contribution in [2.75, 3.05) is 6.54 Å². The lowest BCUT2D eigenvalue weighted by atomic mass is 10.1. The number of rotatable bonds is 5. The van der Waals surface area contributed by atoms with Gasteiger partial charge in [-0.1, -0.05) is 6.42 Å². The maximum absolute atomic E-state index is 10.1. The molecule has 0 aromatic heterocycles. The number of nitrogens with two attached hydrogens (primary N) is 4. The first-order valence-corrected chi connectivity index (χ1v) is 4.80. The van der Waals surface area contributed by atoms with E-state index in [0.29, 0.717) is 13.0 Å². The third kappa shape index (κ3) is 48.5. The van der Waals surface area contributed by atoms with Gasteiger partial charge in [-0.3, -0.25) is 4.79 Å². The molecule has 0 fully saturated rings. The summed E-state index contributed by atoms with van der Waals surface area (Å²) >= 11 is 0. The molecule has 0 heterocycles. The Kier molecular flexibility index (Phi) is 17.6. The highest BCUT2D eigenvalue weighted by molar-refractivity contribution is 5.72. The summed E-state index contributed by atoms with van der Waals surface area (Å²) in [4.78, 5) is 27.7. The molecule has 2 amide bonds. The summed E-state index contributed by atoms with van der Waals surface area (Å²) in [6.07, 6.45) is -0.502. The summed E-state index contributed by atoms with van der Waals surface area (Å²) in [5, 5.41) is 22.7. The number of hydrogen-bond donors (Lipinski definition) is 7. The summed E-state index contributed by atoms with van der Waals surface area (Å²) in [6.45, 7) is 0.604. The second kappa shape index (κ2) is 14.9. The van der Waals surface area contributed by atoms with Gasteiger partial charge in [-0.25, -0.2) is 9.59 Å². The van der Waals surface area contributed by atoms with Gasteiger partial charge in [0.15, 0.2) is 0 Å². The Bertz CT molecular complexity index is 228. The van der Waals surface area contributed by atoms with Crippen molar-refractivity contribution in [2.45, 2.75) is 25.3 Å². The van der Waals surface area contributed by atoms with E-state index in [-0.39, 0.29) is 0 Å². The number of aliphatic carboxylic acids is 1. The standard InChI is InChI=1S/C6H14N2O2.2CH3NO2/c7-4-2-1-3-5(8)6(9)10;2*2-1(3)4/h5H,1-4,7-8H2,(H,9,10);2*2H2,(H,3,4)/t5-;;/m0../s1. The highest BCUT2D eigenvalue weighted by atomic mass is 16.4. The molecule has 0 saturated carbocycles. The van der Waals surface area contributed by atoms with Crippen molar-refractivity contribution in [3.63, 3.8) is 0 Å². The van der Waals surface area contributed by atoms with E-state index >= 15 is 0 Å². The van der Waals surface area contributed by atoms with Crippen LogP contribution in [0.15, 0.2) is 0 Å². The number of unbranched alkanes of at least 4 members (excludes halogenated alkanes) is 1. The molecule has 18 heavy (non-hydrogen) atoms. The molecule has 0 aliphatic rings. The van der Waals surface area contributed by atoms with Gasteiger partial charge in [0.05, 0.1) is 0 Å². The third-order valence-corrected chi connectivity index (χ3v) is 1.29. The van der Waals surface area contributed by atoms with Crippen molar-refractivity contribution in [1.29, 1.82) is 0 Å². The van der Waals surface area contributed by atoms with E-state index < -0.39 is 24.2 Å². The van der Waals surface area contributed by atoms with Crippen LogP contribution in [0.4, 0.5) is 9.59 Å². The Morgan fingerprint density at radius 2 is 1.28 bits per heavy atom. The lowest BCUT2D eigenvalue weighted by Gasteiger charge is -2.03. The summed E-state index contributed by atoms with van der Waals surface area (Å²) in [7, 11) is 0. The van der Waals surface area contributed by atoms with E-state index in [1.807, 2.05) is 0 Å². The number of primary amides is 2. The minimum absolute atomic E-state index is 0.520. The molecule has 10 nitrogen and oxygen atoms in total. The van der Waals surface area contributed by atoms with Gasteiger partial charge in [-0.15, -0.1) is 0 Å². The zero-order valence-electron chi connectivity index (χ0n) is 9.78. The topological polar surface area (TPSA) is 216 Å². The predicted octanol–water partition coefficient (Wildman–Crippen LogP) is -1.23. The van der Waals surface area contributed by atoms with Gasteiger partial charge in [0.25, 0.3) is 0 Å². The second-order valence-electron chi connectivity index (χ2n) is 2.91. The molecule has 0 saturated heterocycles. The monoisotopic (exact) mass is 268 g/mol. The molecule has 0 bridgehead atoms. The number of carboxylic acid groups (broad SMARTS) is 3. The van der Waals surface area contributed by atoms with Gasteiger partial charge >= 0.3 is 18.2 Å². The van der Waals surface area contributed by atoms with Crippen LogP contribution in [0.3, 0.4) is 0 Å². The lowest BCUT2D eigenvalue weighted by molar-refractivity contribution is -0.138. The predicted molar refractivity (Wildman–Crippen MR) is 62.9 cm³/mol. The van der Waals surface area contributed by atoms with E-state index in [9.17, 15) is 4.79 Å². The quantitative estimate of drug-likeness (QED) is 0.299. The molecule has 0 aromatic carbocycles. The van der Waals surface area contributed by atoms with Crippen molar-refractivity contribution in [3.05, 3.63) is 0 Å². The Hall–Kier alpha value is -2.07. The normalized spacial score (nSPS) is 9.89. The van der Waals surface area contributed by atoms with Crippen LogP contribution in [0.2, 0.25) is 0 Å².